The van der Waals surface area contributed by atoms with Crippen molar-refractivity contribution in [3.05, 3.63) is 23.3 Å². The lowest BCUT2D eigenvalue weighted by molar-refractivity contribution is -0.0431. The second kappa shape index (κ2) is 3.67. The molecule has 2 rings (SSSR count). The van der Waals surface area contributed by atoms with E-state index in [1.807, 2.05) is 19.9 Å². The second-order valence-electron chi connectivity index (χ2n) is 4.90. The zero-order chi connectivity index (χ0) is 11.9. The molecule has 1 unspecified atom stereocenters. The van der Waals surface area contributed by atoms with E-state index in [0.717, 1.165) is 11.5 Å². The van der Waals surface area contributed by atoms with Crippen molar-refractivity contribution in [2.24, 2.45) is 5.73 Å². The Morgan fingerprint density at radius 3 is 2.38 bits per heavy atom. The summed E-state index contributed by atoms with van der Waals surface area (Å²) in [6, 6.07) is 4.09. The maximum atomic E-state index is 5.72. The van der Waals surface area contributed by atoms with Gasteiger partial charge in [-0.1, -0.05) is 6.92 Å². The Morgan fingerprint density at radius 2 is 1.81 bits per heavy atom. The first-order valence-corrected chi connectivity index (χ1v) is 5.65. The van der Waals surface area contributed by atoms with Crippen LogP contribution in [0.2, 0.25) is 0 Å². The van der Waals surface area contributed by atoms with Crippen LogP contribution in [0.4, 0.5) is 0 Å². The van der Waals surface area contributed by atoms with Crippen LogP contribution < -0.4 is 15.2 Å². The Hall–Kier alpha value is -1.22. The summed E-state index contributed by atoms with van der Waals surface area (Å²) in [6.45, 7) is 8.67. The molecule has 1 aliphatic heterocycles. The Balaban J connectivity index is 2.41. The highest BCUT2D eigenvalue weighted by atomic mass is 16.7. The van der Waals surface area contributed by atoms with Gasteiger partial charge in [-0.25, -0.2) is 0 Å². The number of rotatable bonds is 2. The minimum absolute atomic E-state index is 0.345. The van der Waals surface area contributed by atoms with Crippen LogP contribution in [0.5, 0.6) is 11.5 Å². The Kier molecular flexibility index (Phi) is 2.58. The van der Waals surface area contributed by atoms with Gasteiger partial charge in [0.2, 0.25) is 5.79 Å². The highest BCUT2D eigenvalue weighted by Crippen LogP contribution is 2.42. The summed E-state index contributed by atoms with van der Waals surface area (Å²) in [7, 11) is 0. The fourth-order valence-corrected chi connectivity index (χ4v) is 2.05. The van der Waals surface area contributed by atoms with Gasteiger partial charge in [0.25, 0.3) is 0 Å². The van der Waals surface area contributed by atoms with Crippen LogP contribution in [0, 0.1) is 6.92 Å². The maximum Gasteiger partial charge on any atom is 0.246 e. The van der Waals surface area contributed by atoms with Crippen LogP contribution in [0.3, 0.4) is 0 Å². The second-order valence-corrected chi connectivity index (χ2v) is 4.90. The number of aryl methyl sites for hydroxylation is 1. The van der Waals surface area contributed by atoms with Crippen LogP contribution in [0.25, 0.3) is 0 Å². The maximum absolute atomic E-state index is 5.72. The molecule has 88 valence electrons. The fraction of sp³-hybridized carbons (Fsp3) is 0.538. The van der Waals surface area contributed by atoms with Gasteiger partial charge in [-0.3, -0.25) is 0 Å². The first-order valence-electron chi connectivity index (χ1n) is 5.65. The molecule has 1 aliphatic rings. The summed E-state index contributed by atoms with van der Waals surface area (Å²) in [4.78, 5) is 0. The molecule has 0 fully saturated rings. The minimum atomic E-state index is -0.556. The van der Waals surface area contributed by atoms with E-state index < -0.39 is 5.79 Å². The van der Waals surface area contributed by atoms with E-state index in [1.54, 1.807) is 0 Å². The molecule has 0 amide bonds. The largest absolute Gasteiger partial charge is 0.449 e. The molecule has 0 spiro atoms. The molecule has 1 heterocycles. The lowest BCUT2D eigenvalue weighted by Crippen LogP contribution is -2.29. The quantitative estimate of drug-likeness (QED) is 0.834. The van der Waals surface area contributed by atoms with E-state index in [1.165, 1.54) is 11.1 Å². The van der Waals surface area contributed by atoms with Crippen LogP contribution in [-0.4, -0.2) is 12.3 Å². The third kappa shape index (κ3) is 1.87. The number of benzene rings is 1. The first kappa shape index (κ1) is 11.3. The van der Waals surface area contributed by atoms with E-state index in [-0.39, 0.29) is 0 Å². The molecule has 0 bridgehead atoms. The molecule has 3 heteroatoms. The zero-order valence-corrected chi connectivity index (χ0v) is 10.3. The predicted molar refractivity (Wildman–Crippen MR) is 64.0 cm³/mol. The fourth-order valence-electron chi connectivity index (χ4n) is 2.05. The van der Waals surface area contributed by atoms with E-state index >= 15 is 0 Å². The average molecular weight is 221 g/mol. The van der Waals surface area contributed by atoms with Crippen LogP contribution in [-0.2, 0) is 0 Å². The predicted octanol–water partition coefficient (Wildman–Crippen LogP) is 2.56. The molecule has 0 saturated carbocycles. The molecule has 16 heavy (non-hydrogen) atoms. The number of hydrogen-bond acceptors (Lipinski definition) is 3. The third-order valence-corrected chi connectivity index (χ3v) is 2.93. The zero-order valence-electron chi connectivity index (χ0n) is 10.3. The minimum Gasteiger partial charge on any atom is -0.449 e. The Labute approximate surface area is 96.5 Å². The lowest BCUT2D eigenvalue weighted by atomic mass is 9.96. The Bertz CT molecular complexity index is 413. The van der Waals surface area contributed by atoms with Crippen LogP contribution >= 0.6 is 0 Å². The van der Waals surface area contributed by atoms with Gasteiger partial charge in [-0.2, -0.15) is 0 Å². The summed E-state index contributed by atoms with van der Waals surface area (Å²) in [5.41, 5.74) is 8.14. The molecule has 0 saturated heterocycles. The van der Waals surface area contributed by atoms with Gasteiger partial charge in [0.15, 0.2) is 11.5 Å². The summed E-state index contributed by atoms with van der Waals surface area (Å²) < 4.78 is 11.4. The smallest absolute Gasteiger partial charge is 0.246 e. The topological polar surface area (TPSA) is 44.5 Å². The molecule has 1 atom stereocenters. The molecule has 0 aliphatic carbocycles. The summed E-state index contributed by atoms with van der Waals surface area (Å²) >= 11 is 0. The van der Waals surface area contributed by atoms with Gasteiger partial charge in [0.1, 0.15) is 0 Å². The monoisotopic (exact) mass is 221 g/mol. The molecule has 0 radical (unpaired) electrons. The van der Waals surface area contributed by atoms with E-state index in [9.17, 15) is 0 Å². The van der Waals surface area contributed by atoms with Gasteiger partial charge in [0, 0.05) is 13.8 Å². The SMILES string of the molecule is Cc1cc2c(cc1C(C)CN)OC(C)(C)O2. The van der Waals surface area contributed by atoms with Crippen LogP contribution in [0.1, 0.15) is 37.8 Å². The van der Waals surface area contributed by atoms with Crippen molar-refractivity contribution in [1.29, 1.82) is 0 Å². The molecule has 0 aromatic heterocycles. The first-order chi connectivity index (χ1) is 7.43. The normalized spacial score (nSPS) is 18.6. The average Bonchev–Trinajstić information content (AvgIpc) is 2.48. The van der Waals surface area contributed by atoms with Crippen molar-refractivity contribution in [2.45, 2.75) is 39.4 Å². The van der Waals surface area contributed by atoms with Crippen LogP contribution in [0.15, 0.2) is 12.1 Å². The van der Waals surface area contributed by atoms with Gasteiger partial charge in [-0.05, 0) is 42.6 Å². The van der Waals surface area contributed by atoms with Gasteiger partial charge < -0.3 is 15.2 Å². The third-order valence-electron chi connectivity index (χ3n) is 2.93. The number of ether oxygens (including phenoxy) is 2. The molecule has 1 aromatic carbocycles. The van der Waals surface area contributed by atoms with Crippen molar-refractivity contribution in [2.75, 3.05) is 6.54 Å². The molecule has 1 aromatic rings. The standard InChI is InChI=1S/C13H19NO2/c1-8-5-11-12(16-13(3,4)15-11)6-10(8)9(2)7-14/h5-6,9H,7,14H2,1-4H3. The van der Waals surface area contributed by atoms with E-state index in [4.69, 9.17) is 15.2 Å². The van der Waals surface area contributed by atoms with Gasteiger partial charge in [0.05, 0.1) is 0 Å². The van der Waals surface area contributed by atoms with Crippen molar-refractivity contribution in [3.8, 4) is 11.5 Å². The molecular formula is C13H19NO2. The van der Waals surface area contributed by atoms with Gasteiger partial charge in [-0.15, -0.1) is 0 Å². The number of fused-ring (bicyclic) bond motifs is 1. The van der Waals surface area contributed by atoms with E-state index in [0.29, 0.717) is 12.5 Å². The van der Waals surface area contributed by atoms with E-state index in [2.05, 4.69) is 19.9 Å². The molecular weight excluding hydrogens is 202 g/mol. The number of hydrogen-bond donors (Lipinski definition) is 1. The lowest BCUT2D eigenvalue weighted by Gasteiger charge is -2.16. The van der Waals surface area contributed by atoms with Crippen molar-refractivity contribution in [3.63, 3.8) is 0 Å². The van der Waals surface area contributed by atoms with Crippen molar-refractivity contribution in [1.82, 2.24) is 0 Å². The van der Waals surface area contributed by atoms with Crippen molar-refractivity contribution < 1.29 is 9.47 Å². The Morgan fingerprint density at radius 1 is 1.25 bits per heavy atom. The van der Waals surface area contributed by atoms with Gasteiger partial charge >= 0.3 is 0 Å². The summed E-state index contributed by atoms with van der Waals surface area (Å²) in [5.74, 6) is 1.44. The molecule has 3 nitrogen and oxygen atoms in total. The highest BCUT2D eigenvalue weighted by Gasteiger charge is 2.32. The molecule has 2 N–H and O–H groups in total. The summed E-state index contributed by atoms with van der Waals surface area (Å²) in [5, 5.41) is 0. The highest BCUT2D eigenvalue weighted by molar-refractivity contribution is 5.50. The number of nitrogens with two attached hydrogens (primary N) is 1. The summed E-state index contributed by atoms with van der Waals surface area (Å²) in [6.07, 6.45) is 0. The van der Waals surface area contributed by atoms with Crippen molar-refractivity contribution >= 4 is 0 Å².